The van der Waals surface area contributed by atoms with E-state index in [2.05, 4.69) is 15.9 Å². The molecule has 5 heteroatoms. The fourth-order valence-electron chi connectivity index (χ4n) is 1.44. The number of rotatable bonds is 3. The van der Waals surface area contributed by atoms with Gasteiger partial charge in [-0.05, 0) is 34.1 Å². The van der Waals surface area contributed by atoms with Crippen LogP contribution in [0.2, 0.25) is 5.02 Å². The molecule has 2 aromatic carbocycles. The molecule has 0 saturated heterocycles. The Morgan fingerprint density at radius 2 is 2.00 bits per heavy atom. The molecule has 1 nitrogen and oxygen atoms in total. The molecule has 0 amide bonds. The lowest BCUT2D eigenvalue weighted by Gasteiger charge is -2.12. The first kappa shape index (κ1) is 13.7. The molecule has 0 unspecified atom stereocenters. The van der Waals surface area contributed by atoms with Gasteiger partial charge in [0.05, 0.1) is 15.4 Å². The molecule has 0 heterocycles. The molecule has 0 aliphatic heterocycles. The fraction of sp³-hybridized carbons (Fsp3) is 0.0769. The number of halogens is 4. The van der Waals surface area contributed by atoms with Gasteiger partial charge >= 0.3 is 0 Å². The highest BCUT2D eigenvalue weighted by atomic mass is 79.9. The summed E-state index contributed by atoms with van der Waals surface area (Å²) in [5.74, 6) is 0.686. The zero-order valence-corrected chi connectivity index (χ0v) is 12.2. The fourth-order valence-corrected chi connectivity index (χ4v) is 2.21. The molecule has 0 spiro atoms. The van der Waals surface area contributed by atoms with Gasteiger partial charge in [-0.2, -0.15) is 0 Å². The minimum atomic E-state index is -0.382. The van der Waals surface area contributed by atoms with Gasteiger partial charge < -0.3 is 4.74 Å². The molecular weight excluding hydrogens is 342 g/mol. The van der Waals surface area contributed by atoms with Crippen LogP contribution in [0.5, 0.6) is 11.5 Å². The average Bonchev–Trinajstić information content (AvgIpc) is 2.36. The maximum atomic E-state index is 13.2. The molecule has 0 aliphatic rings. The van der Waals surface area contributed by atoms with Crippen LogP contribution in [0.15, 0.2) is 40.9 Å². The summed E-state index contributed by atoms with van der Waals surface area (Å²) in [4.78, 5) is 0. The first-order valence-electron chi connectivity index (χ1n) is 5.08. The number of para-hydroxylation sites is 1. The number of hydrogen-bond acceptors (Lipinski definition) is 1. The number of hydrogen-bond donors (Lipinski definition) is 0. The van der Waals surface area contributed by atoms with Crippen molar-refractivity contribution in [2.24, 2.45) is 0 Å². The Morgan fingerprint density at radius 1 is 1.22 bits per heavy atom. The quantitative estimate of drug-likeness (QED) is 0.639. The molecule has 2 rings (SSSR count). The molecule has 0 aliphatic carbocycles. The minimum Gasteiger partial charge on any atom is -0.454 e. The van der Waals surface area contributed by atoms with E-state index in [0.717, 1.165) is 5.56 Å². The lowest BCUT2D eigenvalue weighted by atomic mass is 10.2. The van der Waals surface area contributed by atoms with Crippen LogP contribution in [0.4, 0.5) is 4.39 Å². The second kappa shape index (κ2) is 5.91. The number of benzene rings is 2. The van der Waals surface area contributed by atoms with Gasteiger partial charge in [0.15, 0.2) is 0 Å². The van der Waals surface area contributed by atoms with Gasteiger partial charge in [-0.25, -0.2) is 4.39 Å². The summed E-state index contributed by atoms with van der Waals surface area (Å²) < 4.78 is 19.5. The SMILES string of the molecule is Fc1ccc(Br)c(Oc2c(Cl)cccc2CCl)c1. The molecule has 2 aromatic rings. The van der Waals surface area contributed by atoms with Gasteiger partial charge in [0.2, 0.25) is 0 Å². The lowest BCUT2D eigenvalue weighted by Crippen LogP contribution is -1.92. The molecule has 0 atom stereocenters. The summed E-state index contributed by atoms with van der Waals surface area (Å²) in [5.41, 5.74) is 0.750. The van der Waals surface area contributed by atoms with Crippen molar-refractivity contribution in [3.8, 4) is 11.5 Å². The standard InChI is InChI=1S/C13H8BrCl2FO/c14-10-5-4-9(17)6-12(10)18-13-8(7-15)2-1-3-11(13)16/h1-6H,7H2. The molecule has 0 bridgehead atoms. The van der Waals surface area contributed by atoms with Gasteiger partial charge in [0, 0.05) is 11.6 Å². The van der Waals surface area contributed by atoms with E-state index in [1.54, 1.807) is 24.3 Å². The van der Waals surface area contributed by atoms with Crippen molar-refractivity contribution in [3.05, 3.63) is 57.3 Å². The maximum Gasteiger partial charge on any atom is 0.150 e. The Balaban J connectivity index is 2.42. The first-order valence-corrected chi connectivity index (χ1v) is 6.78. The molecule has 18 heavy (non-hydrogen) atoms. The molecule has 0 saturated carbocycles. The van der Waals surface area contributed by atoms with Crippen LogP contribution in [0, 0.1) is 5.82 Å². The summed E-state index contributed by atoms with van der Waals surface area (Å²) in [6.45, 7) is 0. The zero-order chi connectivity index (χ0) is 13.1. The lowest BCUT2D eigenvalue weighted by molar-refractivity contribution is 0.470. The Hall–Kier alpha value is -0.770. The van der Waals surface area contributed by atoms with E-state index in [-0.39, 0.29) is 11.7 Å². The van der Waals surface area contributed by atoms with Gasteiger partial charge in [-0.3, -0.25) is 0 Å². The van der Waals surface area contributed by atoms with Crippen LogP contribution >= 0.6 is 39.1 Å². The number of ether oxygens (including phenoxy) is 1. The second-order valence-electron chi connectivity index (χ2n) is 3.54. The van der Waals surface area contributed by atoms with Crippen LogP contribution in [-0.4, -0.2) is 0 Å². The predicted molar refractivity (Wildman–Crippen MR) is 75.2 cm³/mol. The summed E-state index contributed by atoms with van der Waals surface area (Å²) in [6.07, 6.45) is 0. The van der Waals surface area contributed by atoms with Crippen molar-refractivity contribution in [1.29, 1.82) is 0 Å². The van der Waals surface area contributed by atoms with Crippen molar-refractivity contribution in [2.45, 2.75) is 5.88 Å². The summed E-state index contributed by atoms with van der Waals surface area (Å²) in [7, 11) is 0. The Kier molecular flexibility index (Phi) is 4.49. The van der Waals surface area contributed by atoms with Gasteiger partial charge in [0.1, 0.15) is 17.3 Å². The molecule has 0 N–H and O–H groups in total. The monoisotopic (exact) mass is 348 g/mol. The third-order valence-electron chi connectivity index (χ3n) is 2.30. The van der Waals surface area contributed by atoms with Crippen molar-refractivity contribution >= 4 is 39.1 Å². The molecule has 0 radical (unpaired) electrons. The van der Waals surface area contributed by atoms with E-state index in [1.165, 1.54) is 12.1 Å². The Labute approximate surface area is 123 Å². The largest absolute Gasteiger partial charge is 0.454 e. The van der Waals surface area contributed by atoms with Crippen molar-refractivity contribution in [3.63, 3.8) is 0 Å². The van der Waals surface area contributed by atoms with Crippen molar-refractivity contribution in [1.82, 2.24) is 0 Å². The third kappa shape index (κ3) is 2.97. The molecule has 94 valence electrons. The maximum absolute atomic E-state index is 13.2. The van der Waals surface area contributed by atoms with Crippen LogP contribution in [-0.2, 0) is 5.88 Å². The van der Waals surface area contributed by atoms with Gasteiger partial charge in [-0.1, -0.05) is 23.7 Å². The summed E-state index contributed by atoms with van der Waals surface area (Å²) in [6, 6.07) is 9.48. The normalized spacial score (nSPS) is 10.4. The van der Waals surface area contributed by atoms with E-state index in [0.29, 0.717) is 21.0 Å². The second-order valence-corrected chi connectivity index (χ2v) is 5.07. The summed E-state index contributed by atoms with van der Waals surface area (Å²) >= 11 is 15.2. The van der Waals surface area contributed by atoms with E-state index < -0.39 is 0 Å². The van der Waals surface area contributed by atoms with Crippen LogP contribution < -0.4 is 4.74 Å². The van der Waals surface area contributed by atoms with Crippen LogP contribution in [0.25, 0.3) is 0 Å². The topological polar surface area (TPSA) is 9.23 Å². The highest BCUT2D eigenvalue weighted by molar-refractivity contribution is 9.10. The van der Waals surface area contributed by atoms with E-state index in [4.69, 9.17) is 27.9 Å². The van der Waals surface area contributed by atoms with Gasteiger partial charge in [-0.15, -0.1) is 11.6 Å². The average molecular weight is 350 g/mol. The molecule has 0 aromatic heterocycles. The smallest absolute Gasteiger partial charge is 0.150 e. The van der Waals surface area contributed by atoms with Gasteiger partial charge in [0.25, 0.3) is 0 Å². The van der Waals surface area contributed by atoms with E-state index in [1.807, 2.05) is 0 Å². The zero-order valence-electron chi connectivity index (χ0n) is 9.09. The van der Waals surface area contributed by atoms with E-state index >= 15 is 0 Å². The minimum absolute atomic E-state index is 0.267. The Bertz CT molecular complexity index is 575. The first-order chi connectivity index (χ1) is 8.61. The summed E-state index contributed by atoms with van der Waals surface area (Å²) in [5, 5.41) is 0.435. The number of alkyl halides is 1. The molecule has 0 fully saturated rings. The third-order valence-corrected chi connectivity index (χ3v) is 3.54. The highest BCUT2D eigenvalue weighted by Crippen LogP contribution is 2.37. The Morgan fingerprint density at radius 3 is 2.72 bits per heavy atom. The van der Waals surface area contributed by atoms with Crippen molar-refractivity contribution in [2.75, 3.05) is 0 Å². The van der Waals surface area contributed by atoms with Crippen molar-refractivity contribution < 1.29 is 9.13 Å². The molecular formula is C13H8BrCl2FO. The predicted octanol–water partition coefficient (Wildman–Crippen LogP) is 5.77. The highest BCUT2D eigenvalue weighted by Gasteiger charge is 2.11. The van der Waals surface area contributed by atoms with Crippen LogP contribution in [0.3, 0.4) is 0 Å². The van der Waals surface area contributed by atoms with Crippen LogP contribution in [0.1, 0.15) is 5.56 Å². The van der Waals surface area contributed by atoms with E-state index in [9.17, 15) is 4.39 Å².